The second-order valence-electron chi connectivity index (χ2n) is 5.34. The number of aromatic amines is 1. The standard InChI is InChI=1S/C12H16F3IN2O2/c1-11(2,3)9-8(16)10(19)18-7(17-9)4-5-20-6-12(13,14)15/h4-6H2,1-3H3,(H,17,18,19). The first-order valence-electron chi connectivity index (χ1n) is 5.94. The second kappa shape index (κ2) is 6.42. The molecule has 0 aliphatic carbocycles. The summed E-state index contributed by atoms with van der Waals surface area (Å²) in [5, 5.41) is 0. The molecule has 1 rings (SSSR count). The Balaban J connectivity index is 2.78. The van der Waals surface area contributed by atoms with Gasteiger partial charge < -0.3 is 9.72 Å². The Kier molecular flexibility index (Phi) is 5.59. The van der Waals surface area contributed by atoms with E-state index in [1.807, 2.05) is 43.4 Å². The molecule has 0 aromatic carbocycles. The SMILES string of the molecule is CC(C)(C)c1nc(CCOCC(F)(F)F)[nH]c(=O)c1I. The summed E-state index contributed by atoms with van der Waals surface area (Å²) in [6.07, 6.45) is -4.21. The zero-order chi connectivity index (χ0) is 15.6. The van der Waals surface area contributed by atoms with Crippen LogP contribution in [0.3, 0.4) is 0 Å². The number of alkyl halides is 3. The molecule has 8 heteroatoms. The van der Waals surface area contributed by atoms with Gasteiger partial charge in [-0.2, -0.15) is 13.2 Å². The van der Waals surface area contributed by atoms with Gasteiger partial charge in [0, 0.05) is 11.8 Å². The smallest absolute Gasteiger partial charge is 0.372 e. The Hall–Kier alpha value is -0.640. The Morgan fingerprint density at radius 1 is 1.30 bits per heavy atom. The molecule has 1 aromatic heterocycles. The average Bonchev–Trinajstić information content (AvgIpc) is 2.26. The summed E-state index contributed by atoms with van der Waals surface area (Å²) in [5.74, 6) is 0.336. The van der Waals surface area contributed by atoms with Crippen LogP contribution in [0.4, 0.5) is 13.2 Å². The van der Waals surface area contributed by atoms with Gasteiger partial charge in [-0.3, -0.25) is 4.79 Å². The van der Waals surface area contributed by atoms with Crippen LogP contribution in [0.2, 0.25) is 0 Å². The van der Waals surface area contributed by atoms with Crippen molar-refractivity contribution in [2.24, 2.45) is 0 Å². The highest BCUT2D eigenvalue weighted by molar-refractivity contribution is 14.1. The van der Waals surface area contributed by atoms with Crippen molar-refractivity contribution in [3.63, 3.8) is 0 Å². The van der Waals surface area contributed by atoms with Crippen LogP contribution in [0, 0.1) is 3.57 Å². The van der Waals surface area contributed by atoms with Gasteiger partial charge in [0.15, 0.2) is 0 Å². The van der Waals surface area contributed by atoms with E-state index in [9.17, 15) is 18.0 Å². The van der Waals surface area contributed by atoms with E-state index in [4.69, 9.17) is 0 Å². The molecule has 0 unspecified atom stereocenters. The van der Waals surface area contributed by atoms with Crippen molar-refractivity contribution in [3.05, 3.63) is 25.4 Å². The van der Waals surface area contributed by atoms with Gasteiger partial charge in [-0.05, 0) is 22.6 Å². The fraction of sp³-hybridized carbons (Fsp3) is 0.667. The molecule has 0 bridgehead atoms. The van der Waals surface area contributed by atoms with Crippen LogP contribution in [0.1, 0.15) is 32.3 Å². The summed E-state index contributed by atoms with van der Waals surface area (Å²) in [6.45, 7) is 4.31. The van der Waals surface area contributed by atoms with Crippen LogP contribution < -0.4 is 5.56 Å². The largest absolute Gasteiger partial charge is 0.411 e. The molecule has 20 heavy (non-hydrogen) atoms. The fourth-order valence-electron chi connectivity index (χ4n) is 1.48. The highest BCUT2D eigenvalue weighted by Gasteiger charge is 2.27. The maximum absolute atomic E-state index is 11.9. The molecule has 0 atom stereocenters. The van der Waals surface area contributed by atoms with Gasteiger partial charge >= 0.3 is 6.18 Å². The molecular weight excluding hydrogens is 388 g/mol. The molecule has 0 saturated carbocycles. The lowest BCUT2D eigenvalue weighted by molar-refractivity contribution is -0.173. The predicted octanol–water partition coefficient (Wildman–Crippen LogP) is 2.79. The topological polar surface area (TPSA) is 55.0 Å². The molecule has 1 heterocycles. The van der Waals surface area contributed by atoms with E-state index >= 15 is 0 Å². The van der Waals surface area contributed by atoms with E-state index in [0.717, 1.165) is 0 Å². The van der Waals surface area contributed by atoms with E-state index in [-0.39, 0.29) is 24.0 Å². The third-order valence-electron chi connectivity index (χ3n) is 2.37. The summed E-state index contributed by atoms with van der Waals surface area (Å²) in [7, 11) is 0. The van der Waals surface area contributed by atoms with Crippen molar-refractivity contribution in [1.82, 2.24) is 9.97 Å². The Labute approximate surface area is 128 Å². The highest BCUT2D eigenvalue weighted by atomic mass is 127. The molecule has 0 spiro atoms. The van der Waals surface area contributed by atoms with Crippen LogP contribution in [0.15, 0.2) is 4.79 Å². The van der Waals surface area contributed by atoms with Gasteiger partial charge in [0.2, 0.25) is 0 Å². The average molecular weight is 404 g/mol. The number of ether oxygens (including phenoxy) is 1. The Morgan fingerprint density at radius 2 is 1.90 bits per heavy atom. The van der Waals surface area contributed by atoms with E-state index in [0.29, 0.717) is 15.1 Å². The van der Waals surface area contributed by atoms with Gasteiger partial charge in [0.1, 0.15) is 16.0 Å². The quantitative estimate of drug-likeness (QED) is 0.621. The van der Waals surface area contributed by atoms with Gasteiger partial charge in [0.05, 0.1) is 12.3 Å². The van der Waals surface area contributed by atoms with Crippen molar-refractivity contribution in [2.45, 2.75) is 38.8 Å². The maximum Gasteiger partial charge on any atom is 0.411 e. The van der Waals surface area contributed by atoms with Gasteiger partial charge in [-0.25, -0.2) is 4.98 Å². The first-order chi connectivity index (χ1) is 9.00. The van der Waals surface area contributed by atoms with Crippen molar-refractivity contribution in [3.8, 4) is 0 Å². The molecule has 114 valence electrons. The zero-order valence-corrected chi connectivity index (χ0v) is 13.6. The van der Waals surface area contributed by atoms with E-state index in [1.165, 1.54) is 0 Å². The van der Waals surface area contributed by atoms with E-state index < -0.39 is 12.8 Å². The summed E-state index contributed by atoms with van der Waals surface area (Å²) in [5.41, 5.74) is 0.0378. The zero-order valence-electron chi connectivity index (χ0n) is 11.4. The van der Waals surface area contributed by atoms with Crippen LogP contribution in [-0.2, 0) is 16.6 Å². The number of H-pyrrole nitrogens is 1. The predicted molar refractivity (Wildman–Crippen MR) is 76.9 cm³/mol. The fourth-order valence-corrected chi connectivity index (χ4v) is 2.54. The summed E-state index contributed by atoms with van der Waals surface area (Å²) in [4.78, 5) is 18.6. The molecule has 0 fully saturated rings. The number of rotatable bonds is 4. The second-order valence-corrected chi connectivity index (χ2v) is 6.42. The van der Waals surface area contributed by atoms with Crippen molar-refractivity contribution in [1.29, 1.82) is 0 Å². The summed E-state index contributed by atoms with van der Waals surface area (Å²) < 4.78 is 40.8. The first kappa shape index (κ1) is 17.4. The summed E-state index contributed by atoms with van der Waals surface area (Å²) >= 11 is 1.92. The number of nitrogens with one attached hydrogen (secondary N) is 1. The molecule has 1 aromatic rings. The number of nitrogens with zero attached hydrogens (tertiary/aromatic N) is 1. The first-order valence-corrected chi connectivity index (χ1v) is 7.02. The van der Waals surface area contributed by atoms with Crippen LogP contribution in [-0.4, -0.2) is 29.4 Å². The Morgan fingerprint density at radius 3 is 2.40 bits per heavy atom. The minimum atomic E-state index is -4.34. The number of halogens is 4. The minimum absolute atomic E-state index is 0.130. The molecule has 0 radical (unpaired) electrons. The lowest BCUT2D eigenvalue weighted by atomic mass is 9.92. The van der Waals surface area contributed by atoms with Gasteiger partial charge in [0.25, 0.3) is 5.56 Å². The van der Waals surface area contributed by atoms with E-state index in [2.05, 4.69) is 14.7 Å². The molecule has 0 aliphatic rings. The monoisotopic (exact) mass is 404 g/mol. The number of aromatic nitrogens is 2. The van der Waals surface area contributed by atoms with Gasteiger partial charge in [-0.1, -0.05) is 20.8 Å². The van der Waals surface area contributed by atoms with Crippen LogP contribution >= 0.6 is 22.6 Å². The third-order valence-corrected chi connectivity index (χ3v) is 3.37. The molecule has 0 amide bonds. The molecule has 4 nitrogen and oxygen atoms in total. The minimum Gasteiger partial charge on any atom is -0.372 e. The van der Waals surface area contributed by atoms with Crippen molar-refractivity contribution < 1.29 is 17.9 Å². The van der Waals surface area contributed by atoms with E-state index in [1.54, 1.807) is 0 Å². The number of hydrogen-bond acceptors (Lipinski definition) is 3. The van der Waals surface area contributed by atoms with Gasteiger partial charge in [-0.15, -0.1) is 0 Å². The third kappa shape index (κ3) is 5.39. The lowest BCUT2D eigenvalue weighted by Gasteiger charge is -2.19. The Bertz CT molecular complexity index is 521. The highest BCUT2D eigenvalue weighted by Crippen LogP contribution is 2.23. The van der Waals surface area contributed by atoms with Crippen LogP contribution in [0.25, 0.3) is 0 Å². The maximum atomic E-state index is 11.9. The van der Waals surface area contributed by atoms with Crippen LogP contribution in [0.5, 0.6) is 0 Å². The normalized spacial score (nSPS) is 12.8. The summed E-state index contributed by atoms with van der Waals surface area (Å²) in [6, 6.07) is 0. The lowest BCUT2D eigenvalue weighted by Crippen LogP contribution is -2.26. The molecule has 1 N–H and O–H groups in total. The molecule has 0 saturated heterocycles. The number of hydrogen-bond donors (Lipinski definition) is 1. The molecular formula is C12H16F3IN2O2. The molecule has 0 aliphatic heterocycles. The van der Waals surface area contributed by atoms with Crippen molar-refractivity contribution >= 4 is 22.6 Å². The van der Waals surface area contributed by atoms with Crippen molar-refractivity contribution in [2.75, 3.05) is 13.2 Å².